The molecule has 0 radical (unpaired) electrons. The third kappa shape index (κ3) is 4.89. The molecule has 4 heterocycles. The number of thiazole rings is 1. The summed E-state index contributed by atoms with van der Waals surface area (Å²) in [7, 11) is -3.78. The Morgan fingerprint density at radius 1 is 1.00 bits per heavy atom. The van der Waals surface area contributed by atoms with Gasteiger partial charge in [0, 0.05) is 31.6 Å². The maximum Gasteiger partial charge on any atom is 0.305 e. The van der Waals surface area contributed by atoms with Crippen molar-refractivity contribution in [2.45, 2.75) is 24.4 Å². The molecule has 0 unspecified atom stereocenters. The van der Waals surface area contributed by atoms with Gasteiger partial charge in [-0.2, -0.15) is 4.31 Å². The Morgan fingerprint density at radius 2 is 1.71 bits per heavy atom. The Balaban J connectivity index is 1.34. The summed E-state index contributed by atoms with van der Waals surface area (Å²) in [6, 6.07) is 2.51. The molecule has 2 aliphatic heterocycles. The molecule has 0 saturated carbocycles. The third-order valence-corrected chi connectivity index (χ3v) is 7.68. The molecule has 0 aliphatic carbocycles. The van der Waals surface area contributed by atoms with Crippen molar-refractivity contribution >= 4 is 38.3 Å². The van der Waals surface area contributed by atoms with E-state index in [1.807, 2.05) is 4.90 Å². The summed E-state index contributed by atoms with van der Waals surface area (Å²) in [6.07, 6.45) is 2.58. The van der Waals surface area contributed by atoms with Crippen LogP contribution in [0.3, 0.4) is 0 Å². The number of nitrogens with one attached hydrogen (secondary N) is 2. The number of nitrogens with zero attached hydrogens (tertiary/aromatic N) is 3. The molecule has 168 valence electrons. The summed E-state index contributed by atoms with van der Waals surface area (Å²) in [5, 5.41) is 2.02. The molecule has 11 nitrogen and oxygen atoms in total. The lowest BCUT2D eigenvalue weighted by molar-refractivity contribution is 0.0825. The lowest BCUT2D eigenvalue weighted by atomic mass is 10.2. The lowest BCUT2D eigenvalue weighted by Gasteiger charge is -2.25. The highest BCUT2D eigenvalue weighted by molar-refractivity contribution is 7.89. The van der Waals surface area contributed by atoms with Crippen LogP contribution in [0.25, 0.3) is 0 Å². The average Bonchev–Trinajstić information content (AvgIpc) is 3.49. The van der Waals surface area contributed by atoms with Crippen LogP contribution in [0.15, 0.2) is 27.0 Å². The van der Waals surface area contributed by atoms with Gasteiger partial charge in [0.1, 0.15) is 5.69 Å². The van der Waals surface area contributed by atoms with Crippen LogP contribution in [0.5, 0.6) is 0 Å². The first-order chi connectivity index (χ1) is 14.9. The van der Waals surface area contributed by atoms with E-state index in [0.29, 0.717) is 44.5 Å². The van der Waals surface area contributed by atoms with Crippen LogP contribution in [0.4, 0.5) is 5.13 Å². The second-order valence-corrected chi connectivity index (χ2v) is 9.81. The number of hydrogen-bond acceptors (Lipinski definition) is 9. The number of carbonyl (C=O) groups is 2. The van der Waals surface area contributed by atoms with Crippen LogP contribution in [0.2, 0.25) is 0 Å². The van der Waals surface area contributed by atoms with Crippen molar-refractivity contribution in [3.8, 4) is 0 Å². The van der Waals surface area contributed by atoms with Crippen LogP contribution in [-0.4, -0.2) is 68.9 Å². The van der Waals surface area contributed by atoms with Crippen LogP contribution in [0, 0.1) is 0 Å². The van der Waals surface area contributed by atoms with Crippen molar-refractivity contribution in [1.82, 2.24) is 20.1 Å². The number of piperidine rings is 1. The molecular formula is C18H23N5O6S2. The fourth-order valence-electron chi connectivity index (χ4n) is 3.32. The molecule has 0 atom stereocenters. The van der Waals surface area contributed by atoms with Crippen molar-refractivity contribution in [2.24, 2.45) is 0 Å². The fraction of sp³-hybridized carbons (Fsp3) is 0.500. The quantitative estimate of drug-likeness (QED) is 0.615. The molecule has 2 amide bonds. The van der Waals surface area contributed by atoms with E-state index in [1.165, 1.54) is 27.8 Å². The van der Waals surface area contributed by atoms with Crippen molar-refractivity contribution < 1.29 is 27.2 Å². The maximum absolute atomic E-state index is 12.6. The molecular weight excluding hydrogens is 446 g/mol. The summed E-state index contributed by atoms with van der Waals surface area (Å²) >= 11 is 1.33. The molecule has 4 rings (SSSR count). The predicted octanol–water partition coefficient (Wildman–Crippen LogP) is 0.822. The number of carbonyl (C=O) groups excluding carboxylic acids is 2. The number of sulfonamides is 1. The van der Waals surface area contributed by atoms with Gasteiger partial charge in [0.05, 0.1) is 13.2 Å². The second kappa shape index (κ2) is 9.34. The number of furan rings is 1. The summed E-state index contributed by atoms with van der Waals surface area (Å²) in [5.41, 5.74) is 4.65. The van der Waals surface area contributed by atoms with Crippen molar-refractivity contribution in [3.05, 3.63) is 29.0 Å². The molecule has 2 fully saturated rings. The Labute approximate surface area is 183 Å². The Morgan fingerprint density at radius 3 is 2.45 bits per heavy atom. The van der Waals surface area contributed by atoms with E-state index in [-0.39, 0.29) is 16.5 Å². The number of morpholine rings is 1. The van der Waals surface area contributed by atoms with E-state index >= 15 is 0 Å². The average molecular weight is 470 g/mol. The van der Waals surface area contributed by atoms with Gasteiger partial charge in [-0.3, -0.25) is 20.4 Å². The van der Waals surface area contributed by atoms with Crippen molar-refractivity contribution in [2.75, 3.05) is 44.3 Å². The van der Waals surface area contributed by atoms with E-state index in [1.54, 1.807) is 5.38 Å². The van der Waals surface area contributed by atoms with Gasteiger partial charge in [0.15, 0.2) is 10.9 Å². The zero-order valence-corrected chi connectivity index (χ0v) is 18.3. The SMILES string of the molecule is O=C(NNC(=O)c1ccc(S(=O)(=O)N2CCCCC2)o1)c1csc(N2CCOCC2)n1. The van der Waals surface area contributed by atoms with Gasteiger partial charge in [0.2, 0.25) is 5.09 Å². The standard InChI is InChI=1S/C18H23N5O6S2/c24-16(13-12-30-18(19-13)22-8-10-28-11-9-22)20-21-17(25)14-4-5-15(29-14)31(26,27)23-6-2-1-3-7-23/h4-5,12H,1-3,6-11H2,(H,20,24)(H,21,25). The van der Waals surface area contributed by atoms with E-state index in [4.69, 9.17) is 9.15 Å². The fourth-order valence-corrected chi connectivity index (χ4v) is 5.61. The lowest BCUT2D eigenvalue weighted by Crippen LogP contribution is -2.41. The number of amides is 2. The van der Waals surface area contributed by atoms with Gasteiger partial charge in [0.25, 0.3) is 15.9 Å². The highest BCUT2D eigenvalue weighted by Crippen LogP contribution is 2.23. The normalized spacial score (nSPS) is 18.0. The van der Waals surface area contributed by atoms with E-state index < -0.39 is 21.8 Å². The maximum atomic E-state index is 12.6. The first-order valence-electron chi connectivity index (χ1n) is 9.94. The second-order valence-electron chi connectivity index (χ2n) is 7.11. The van der Waals surface area contributed by atoms with Gasteiger partial charge in [-0.1, -0.05) is 6.42 Å². The molecule has 0 spiro atoms. The van der Waals surface area contributed by atoms with E-state index in [2.05, 4.69) is 15.8 Å². The molecule has 2 saturated heterocycles. The van der Waals surface area contributed by atoms with Gasteiger partial charge in [-0.05, 0) is 25.0 Å². The van der Waals surface area contributed by atoms with Gasteiger partial charge >= 0.3 is 5.91 Å². The van der Waals surface area contributed by atoms with Gasteiger partial charge in [-0.25, -0.2) is 13.4 Å². The zero-order valence-electron chi connectivity index (χ0n) is 16.7. The summed E-state index contributed by atoms with van der Waals surface area (Å²) < 4.78 is 37.2. The summed E-state index contributed by atoms with van der Waals surface area (Å²) in [4.78, 5) is 30.9. The first kappa shape index (κ1) is 21.7. The number of hydrogen-bond donors (Lipinski definition) is 2. The molecule has 0 aromatic carbocycles. The van der Waals surface area contributed by atoms with E-state index in [0.717, 1.165) is 19.3 Å². The minimum atomic E-state index is -3.78. The molecule has 13 heteroatoms. The smallest absolute Gasteiger partial charge is 0.305 e. The number of hydrazine groups is 1. The molecule has 0 bridgehead atoms. The van der Waals surface area contributed by atoms with E-state index in [9.17, 15) is 18.0 Å². The van der Waals surface area contributed by atoms with Crippen LogP contribution >= 0.6 is 11.3 Å². The van der Waals surface area contributed by atoms with Crippen LogP contribution in [0.1, 0.15) is 40.3 Å². The molecule has 2 N–H and O–H groups in total. The van der Waals surface area contributed by atoms with Gasteiger partial charge in [-0.15, -0.1) is 11.3 Å². The topological polar surface area (TPSA) is 134 Å². The Hall–Kier alpha value is -2.48. The predicted molar refractivity (Wildman–Crippen MR) is 111 cm³/mol. The Bertz CT molecular complexity index is 1040. The van der Waals surface area contributed by atoms with Crippen molar-refractivity contribution in [3.63, 3.8) is 0 Å². The summed E-state index contributed by atoms with van der Waals surface area (Å²) in [6.45, 7) is 3.48. The summed E-state index contributed by atoms with van der Waals surface area (Å²) in [5.74, 6) is -1.57. The minimum absolute atomic E-state index is 0.166. The number of rotatable bonds is 5. The minimum Gasteiger partial charge on any atom is -0.438 e. The molecule has 2 aliphatic rings. The van der Waals surface area contributed by atoms with Crippen molar-refractivity contribution in [1.29, 1.82) is 0 Å². The van der Waals surface area contributed by atoms with Crippen LogP contribution in [-0.2, 0) is 14.8 Å². The highest BCUT2D eigenvalue weighted by atomic mass is 32.2. The number of aromatic nitrogens is 1. The molecule has 2 aromatic rings. The highest BCUT2D eigenvalue weighted by Gasteiger charge is 2.29. The third-order valence-electron chi connectivity index (χ3n) is 5.01. The van der Waals surface area contributed by atoms with Crippen LogP contribution < -0.4 is 15.8 Å². The molecule has 2 aromatic heterocycles. The zero-order chi connectivity index (χ0) is 21.8. The number of ether oxygens (including phenoxy) is 1. The monoisotopic (exact) mass is 469 g/mol. The Kier molecular flexibility index (Phi) is 6.55. The molecule has 31 heavy (non-hydrogen) atoms. The van der Waals surface area contributed by atoms with Gasteiger partial charge < -0.3 is 14.1 Å². The largest absolute Gasteiger partial charge is 0.438 e. The number of anilines is 1. The first-order valence-corrected chi connectivity index (χ1v) is 12.3.